The normalized spacial score (nSPS) is 10.7. The van der Waals surface area contributed by atoms with Gasteiger partial charge in [0.15, 0.2) is 0 Å². The summed E-state index contributed by atoms with van der Waals surface area (Å²) >= 11 is 0. The lowest BCUT2D eigenvalue weighted by Crippen LogP contribution is -2.34. The zero-order valence-corrected chi connectivity index (χ0v) is 7.23. The third-order valence-corrected chi connectivity index (χ3v) is 2.42. The van der Waals surface area contributed by atoms with Crippen molar-refractivity contribution in [1.29, 1.82) is 0 Å². The molecule has 0 amide bonds. The molecule has 3 nitrogen and oxygen atoms in total. The van der Waals surface area contributed by atoms with E-state index < -0.39 is 9.28 Å². The monoisotopic (exact) mass is 148 g/mol. The molecular weight excluding hydrogens is 134 g/mol. The van der Waals surface area contributed by atoms with E-state index in [1.807, 2.05) is 0 Å². The Balaban J connectivity index is 3.09. The van der Waals surface area contributed by atoms with E-state index in [1.54, 1.807) is 14.2 Å². The van der Waals surface area contributed by atoms with E-state index in [-0.39, 0.29) is 0 Å². The molecule has 0 atom stereocenters. The van der Waals surface area contributed by atoms with E-state index in [9.17, 15) is 0 Å². The predicted molar refractivity (Wildman–Crippen MR) is 38.3 cm³/mol. The zero-order chi connectivity index (χ0) is 7.11. The van der Waals surface area contributed by atoms with Gasteiger partial charge in [0.05, 0.1) is 0 Å². The van der Waals surface area contributed by atoms with Crippen molar-refractivity contribution in [2.45, 2.75) is 6.92 Å². The Morgan fingerprint density at radius 3 is 2.22 bits per heavy atom. The topological polar surface area (TPSA) is 30.5 Å². The number of hydrogen-bond donors (Lipinski definition) is 1. The van der Waals surface area contributed by atoms with Crippen LogP contribution in [0.1, 0.15) is 6.92 Å². The van der Waals surface area contributed by atoms with Crippen LogP contribution in [0.4, 0.5) is 0 Å². The summed E-state index contributed by atoms with van der Waals surface area (Å²) in [5, 5.41) is 3.15. The van der Waals surface area contributed by atoms with Gasteiger partial charge in [-0.1, -0.05) is 6.92 Å². The SMILES string of the molecule is CCNC[Si](OC)OC. The number of rotatable bonds is 5. The van der Waals surface area contributed by atoms with E-state index in [1.165, 1.54) is 0 Å². The van der Waals surface area contributed by atoms with Gasteiger partial charge in [0.2, 0.25) is 0 Å². The van der Waals surface area contributed by atoms with Crippen LogP contribution < -0.4 is 5.32 Å². The molecule has 0 unspecified atom stereocenters. The van der Waals surface area contributed by atoms with Crippen molar-refractivity contribution in [3.05, 3.63) is 0 Å². The van der Waals surface area contributed by atoms with Crippen LogP contribution in [0.25, 0.3) is 0 Å². The molecule has 0 aliphatic rings. The van der Waals surface area contributed by atoms with Gasteiger partial charge >= 0.3 is 9.28 Å². The second-order valence-corrected chi connectivity index (χ2v) is 3.47. The van der Waals surface area contributed by atoms with Crippen LogP contribution >= 0.6 is 0 Å². The highest BCUT2D eigenvalue weighted by atomic mass is 28.3. The molecule has 0 aliphatic heterocycles. The Morgan fingerprint density at radius 2 is 1.89 bits per heavy atom. The van der Waals surface area contributed by atoms with Gasteiger partial charge in [-0.2, -0.15) is 0 Å². The molecule has 1 radical (unpaired) electrons. The largest absolute Gasteiger partial charge is 0.399 e. The van der Waals surface area contributed by atoms with Crippen LogP contribution in [0, 0.1) is 0 Å². The Bertz CT molecular complexity index is 58.9. The summed E-state index contributed by atoms with van der Waals surface area (Å²) in [6.45, 7) is 3.03. The molecule has 9 heavy (non-hydrogen) atoms. The minimum absolute atomic E-state index is 0.855. The van der Waals surface area contributed by atoms with Crippen molar-refractivity contribution < 1.29 is 8.85 Å². The van der Waals surface area contributed by atoms with Crippen LogP contribution in [-0.2, 0) is 8.85 Å². The fraction of sp³-hybridized carbons (Fsp3) is 1.00. The van der Waals surface area contributed by atoms with E-state index in [0.717, 1.165) is 12.7 Å². The Hall–Kier alpha value is 0.0969. The van der Waals surface area contributed by atoms with Crippen molar-refractivity contribution in [2.75, 3.05) is 26.9 Å². The second kappa shape index (κ2) is 6.22. The highest BCUT2D eigenvalue weighted by Crippen LogP contribution is 1.79. The molecule has 4 heteroatoms. The van der Waals surface area contributed by atoms with Crippen LogP contribution in [0.15, 0.2) is 0 Å². The molecule has 0 saturated carbocycles. The maximum absolute atomic E-state index is 5.02. The van der Waals surface area contributed by atoms with E-state index in [2.05, 4.69) is 12.2 Å². The van der Waals surface area contributed by atoms with Crippen molar-refractivity contribution >= 4 is 9.28 Å². The third-order valence-electron chi connectivity index (χ3n) is 0.975. The molecule has 0 aromatic heterocycles. The third kappa shape index (κ3) is 4.59. The Kier molecular flexibility index (Phi) is 6.29. The van der Waals surface area contributed by atoms with Crippen LogP contribution in [-0.4, -0.2) is 36.2 Å². The quantitative estimate of drug-likeness (QED) is 0.553. The fourth-order valence-electron chi connectivity index (χ4n) is 0.455. The van der Waals surface area contributed by atoms with E-state index >= 15 is 0 Å². The lowest BCUT2D eigenvalue weighted by atomic mass is 10.8. The maximum atomic E-state index is 5.02. The molecule has 0 rings (SSSR count). The van der Waals surface area contributed by atoms with Gasteiger partial charge in [-0.3, -0.25) is 0 Å². The molecule has 0 saturated heterocycles. The van der Waals surface area contributed by atoms with Gasteiger partial charge in [-0.25, -0.2) is 0 Å². The smallest absolute Gasteiger partial charge is 0.396 e. The summed E-state index contributed by atoms with van der Waals surface area (Å²) in [5.74, 6) is 0. The highest BCUT2D eigenvalue weighted by molar-refractivity contribution is 6.44. The van der Waals surface area contributed by atoms with Crippen molar-refractivity contribution in [3.63, 3.8) is 0 Å². The van der Waals surface area contributed by atoms with Gasteiger partial charge in [0, 0.05) is 20.4 Å². The van der Waals surface area contributed by atoms with Gasteiger partial charge in [0.1, 0.15) is 0 Å². The van der Waals surface area contributed by atoms with E-state index in [0.29, 0.717) is 0 Å². The molecule has 0 bridgehead atoms. The molecule has 55 valence electrons. The lowest BCUT2D eigenvalue weighted by molar-refractivity contribution is 0.275. The summed E-state index contributed by atoms with van der Waals surface area (Å²) in [5.41, 5.74) is 0. The van der Waals surface area contributed by atoms with Gasteiger partial charge in [-0.15, -0.1) is 0 Å². The molecule has 0 aliphatic carbocycles. The van der Waals surface area contributed by atoms with Gasteiger partial charge in [0.25, 0.3) is 0 Å². The summed E-state index contributed by atoms with van der Waals surface area (Å²) in [7, 11) is 2.35. The summed E-state index contributed by atoms with van der Waals surface area (Å²) in [6, 6.07) is 0. The molecule has 0 heterocycles. The highest BCUT2D eigenvalue weighted by Gasteiger charge is 2.08. The van der Waals surface area contributed by atoms with Crippen LogP contribution in [0.2, 0.25) is 0 Å². The standard InChI is InChI=1S/C5H14NO2Si/c1-4-6-5-9(7-2)8-3/h6H,4-5H2,1-3H3. The molecule has 0 spiro atoms. The van der Waals surface area contributed by atoms with Crippen molar-refractivity contribution in [2.24, 2.45) is 0 Å². The Morgan fingerprint density at radius 1 is 1.33 bits per heavy atom. The van der Waals surface area contributed by atoms with E-state index in [4.69, 9.17) is 8.85 Å². The van der Waals surface area contributed by atoms with Crippen LogP contribution in [0.3, 0.4) is 0 Å². The first kappa shape index (κ1) is 9.10. The molecule has 0 aromatic carbocycles. The fourth-order valence-corrected chi connectivity index (χ4v) is 1.36. The average molecular weight is 148 g/mol. The first-order chi connectivity index (χ1) is 4.35. The first-order valence-electron chi connectivity index (χ1n) is 2.99. The summed E-state index contributed by atoms with van der Waals surface area (Å²) < 4.78 is 10.0. The number of hydrogen-bond acceptors (Lipinski definition) is 3. The molecule has 0 aromatic rings. The second-order valence-electron chi connectivity index (χ2n) is 1.56. The zero-order valence-electron chi connectivity index (χ0n) is 6.23. The lowest BCUT2D eigenvalue weighted by Gasteiger charge is -2.08. The minimum Gasteiger partial charge on any atom is -0.396 e. The molecule has 1 N–H and O–H groups in total. The maximum Gasteiger partial charge on any atom is 0.399 e. The first-order valence-corrected chi connectivity index (χ1v) is 4.52. The summed E-state index contributed by atoms with van der Waals surface area (Å²) in [4.78, 5) is 0. The molecular formula is C5H14NO2Si. The molecule has 0 fully saturated rings. The predicted octanol–water partition coefficient (Wildman–Crippen LogP) is -0.0839. The van der Waals surface area contributed by atoms with Crippen molar-refractivity contribution in [3.8, 4) is 0 Å². The Labute approximate surface area is 58.2 Å². The average Bonchev–Trinajstić information content (AvgIpc) is 1.91. The summed E-state index contributed by atoms with van der Waals surface area (Å²) in [6.07, 6.45) is 0.855. The van der Waals surface area contributed by atoms with Crippen molar-refractivity contribution in [1.82, 2.24) is 5.32 Å². The number of nitrogens with one attached hydrogen (secondary N) is 1. The van der Waals surface area contributed by atoms with Crippen LogP contribution in [0.5, 0.6) is 0 Å². The minimum atomic E-state index is -0.997. The van der Waals surface area contributed by atoms with Gasteiger partial charge in [-0.05, 0) is 6.54 Å². The van der Waals surface area contributed by atoms with Gasteiger partial charge < -0.3 is 14.2 Å².